The van der Waals surface area contributed by atoms with Crippen LogP contribution in [0.15, 0.2) is 84.0 Å². The van der Waals surface area contributed by atoms with Crippen LogP contribution in [0.1, 0.15) is 18.7 Å². The fraction of sp³-hybridized carbons (Fsp3) is 0.115. The Morgan fingerprint density at radius 1 is 0.875 bits per heavy atom. The first-order chi connectivity index (χ1) is 15.8. The van der Waals surface area contributed by atoms with E-state index in [0.29, 0.717) is 16.7 Å². The van der Waals surface area contributed by atoms with Crippen molar-refractivity contribution >= 4 is 39.0 Å². The Morgan fingerprint density at radius 2 is 1.56 bits per heavy atom. The van der Waals surface area contributed by atoms with Gasteiger partial charge in [-0.15, -0.1) is 10.2 Å². The van der Waals surface area contributed by atoms with Gasteiger partial charge in [-0.25, -0.2) is 0 Å². The lowest BCUT2D eigenvalue weighted by molar-refractivity contribution is 0.228. The molecule has 0 saturated heterocycles. The highest BCUT2D eigenvalue weighted by Gasteiger charge is 2.28. The zero-order valence-electron chi connectivity index (χ0n) is 17.4. The number of para-hydroxylation sites is 1. The highest BCUT2D eigenvalue weighted by atomic mass is 32.2. The van der Waals surface area contributed by atoms with Crippen LogP contribution in [0, 0.1) is 0 Å². The highest BCUT2D eigenvalue weighted by Crippen LogP contribution is 2.42. The molecule has 4 aromatic carbocycles. The number of hydrogen-bond acceptors (Lipinski definition) is 6. The van der Waals surface area contributed by atoms with Gasteiger partial charge in [-0.1, -0.05) is 85.4 Å². The molecule has 2 heterocycles. The average Bonchev–Trinajstić information content (AvgIpc) is 2.99. The van der Waals surface area contributed by atoms with E-state index in [9.17, 15) is 0 Å². The van der Waals surface area contributed by atoms with Crippen molar-refractivity contribution in [3.8, 4) is 17.1 Å². The van der Waals surface area contributed by atoms with Gasteiger partial charge in [0.1, 0.15) is 0 Å². The van der Waals surface area contributed by atoms with Gasteiger partial charge >= 0.3 is 0 Å². The van der Waals surface area contributed by atoms with Gasteiger partial charge in [-0.05, 0) is 39.4 Å². The fourth-order valence-electron chi connectivity index (χ4n) is 4.30. The summed E-state index contributed by atoms with van der Waals surface area (Å²) in [5.41, 5.74) is 3.62. The summed E-state index contributed by atoms with van der Waals surface area (Å²) < 4.78 is 6.59. The summed E-state index contributed by atoms with van der Waals surface area (Å²) in [6.07, 6.45) is -0.440. The Labute approximate surface area is 189 Å². The van der Waals surface area contributed by atoms with Crippen LogP contribution in [-0.2, 0) is 0 Å². The summed E-state index contributed by atoms with van der Waals surface area (Å²) in [4.78, 5) is 4.72. The number of nitrogens with zero attached hydrogens (tertiary/aromatic N) is 3. The monoisotopic (exact) mass is 436 g/mol. The molecular weight excluding hydrogens is 416 g/mol. The Hall–Kier alpha value is -3.64. The van der Waals surface area contributed by atoms with Crippen molar-refractivity contribution in [3.05, 3.63) is 84.4 Å². The van der Waals surface area contributed by atoms with Crippen LogP contribution >= 0.6 is 11.8 Å². The predicted molar refractivity (Wildman–Crippen MR) is 130 cm³/mol. The summed E-state index contributed by atoms with van der Waals surface area (Å²) in [6.45, 7) is 2.07. The zero-order chi connectivity index (χ0) is 21.5. The van der Waals surface area contributed by atoms with Crippen molar-refractivity contribution in [1.29, 1.82) is 0 Å². The second-order valence-corrected chi connectivity index (χ2v) is 8.83. The maximum absolute atomic E-state index is 6.59. The van der Waals surface area contributed by atoms with Crippen molar-refractivity contribution < 1.29 is 4.74 Å². The molecule has 0 unspecified atom stereocenters. The number of fused-ring (bicyclic) bond motifs is 5. The number of aromatic nitrogens is 3. The minimum atomic E-state index is -0.440. The number of ether oxygens (including phenoxy) is 1. The van der Waals surface area contributed by atoms with Gasteiger partial charge in [-0.3, -0.25) is 0 Å². The Kier molecular flexibility index (Phi) is 4.65. The third kappa shape index (κ3) is 3.15. The summed E-state index contributed by atoms with van der Waals surface area (Å²) in [5, 5.41) is 17.7. The van der Waals surface area contributed by atoms with E-state index >= 15 is 0 Å². The fourth-order valence-corrected chi connectivity index (χ4v) is 4.80. The molecule has 0 aliphatic carbocycles. The van der Waals surface area contributed by atoms with Gasteiger partial charge < -0.3 is 10.1 Å². The molecule has 156 valence electrons. The first-order valence-electron chi connectivity index (χ1n) is 10.6. The zero-order valence-corrected chi connectivity index (χ0v) is 18.3. The van der Waals surface area contributed by atoms with E-state index in [-0.39, 0.29) is 0 Å². The number of anilines is 1. The topological polar surface area (TPSA) is 59.9 Å². The molecule has 1 aliphatic rings. The molecule has 0 saturated carbocycles. The summed E-state index contributed by atoms with van der Waals surface area (Å²) in [7, 11) is 0. The van der Waals surface area contributed by atoms with Gasteiger partial charge in [0.05, 0.1) is 0 Å². The van der Waals surface area contributed by atoms with Crippen LogP contribution in [0.3, 0.4) is 0 Å². The lowest BCUT2D eigenvalue weighted by Gasteiger charge is -2.23. The van der Waals surface area contributed by atoms with E-state index < -0.39 is 6.23 Å². The Balaban J connectivity index is 1.62. The van der Waals surface area contributed by atoms with Crippen LogP contribution in [0.4, 0.5) is 5.69 Å². The van der Waals surface area contributed by atoms with E-state index in [1.54, 1.807) is 11.8 Å². The molecule has 6 rings (SSSR count). The second-order valence-electron chi connectivity index (χ2n) is 7.60. The highest BCUT2D eigenvalue weighted by molar-refractivity contribution is 7.99. The van der Waals surface area contributed by atoms with Gasteiger partial charge in [0, 0.05) is 16.8 Å². The second kappa shape index (κ2) is 7.80. The van der Waals surface area contributed by atoms with E-state index in [2.05, 4.69) is 77.0 Å². The molecule has 0 radical (unpaired) electrons. The van der Waals surface area contributed by atoms with Crippen molar-refractivity contribution in [2.75, 3.05) is 11.1 Å². The van der Waals surface area contributed by atoms with Crippen LogP contribution < -0.4 is 10.1 Å². The minimum absolute atomic E-state index is 0.440. The van der Waals surface area contributed by atoms with Crippen LogP contribution in [-0.4, -0.2) is 20.9 Å². The first kappa shape index (κ1) is 19.1. The summed E-state index contributed by atoms with van der Waals surface area (Å²) >= 11 is 1.55. The lowest BCUT2D eigenvalue weighted by Crippen LogP contribution is -2.18. The van der Waals surface area contributed by atoms with Gasteiger partial charge in [-0.2, -0.15) is 4.98 Å². The third-order valence-corrected chi connectivity index (χ3v) is 6.40. The molecule has 0 bridgehead atoms. The molecule has 1 N–H and O–H groups in total. The molecule has 0 fully saturated rings. The Morgan fingerprint density at radius 3 is 2.31 bits per heavy atom. The number of benzene rings is 4. The molecule has 1 atom stereocenters. The predicted octanol–water partition coefficient (Wildman–Crippen LogP) is 6.46. The van der Waals surface area contributed by atoms with Gasteiger partial charge in [0.25, 0.3) is 0 Å². The molecule has 5 nitrogen and oxygen atoms in total. The van der Waals surface area contributed by atoms with Gasteiger partial charge in [0.15, 0.2) is 11.9 Å². The van der Waals surface area contributed by atoms with Crippen LogP contribution in [0.5, 0.6) is 5.88 Å². The molecule has 1 aliphatic heterocycles. The molecule has 32 heavy (non-hydrogen) atoms. The minimum Gasteiger partial charge on any atom is -0.448 e. The maximum Gasteiger partial charge on any atom is 0.247 e. The third-order valence-electron chi connectivity index (χ3n) is 5.68. The molecule has 6 heteroatoms. The summed E-state index contributed by atoms with van der Waals surface area (Å²) in [5.74, 6) is 1.36. The van der Waals surface area contributed by atoms with E-state index in [1.165, 1.54) is 10.8 Å². The molecule has 0 amide bonds. The number of hydrogen-bond donors (Lipinski definition) is 1. The summed E-state index contributed by atoms with van der Waals surface area (Å²) in [6, 6.07) is 27.2. The SMILES string of the molecule is CCSc1nnc2c(n1)O[C@@H](c1c3ccccc3cc3ccccc13)Nc1ccccc1-2. The van der Waals surface area contributed by atoms with Crippen molar-refractivity contribution in [2.45, 2.75) is 18.3 Å². The number of rotatable bonds is 3. The van der Waals surface area contributed by atoms with E-state index in [0.717, 1.165) is 33.3 Å². The van der Waals surface area contributed by atoms with Gasteiger partial charge in [0.2, 0.25) is 11.0 Å². The Bertz CT molecular complexity index is 1420. The number of nitrogens with one attached hydrogen (secondary N) is 1. The quantitative estimate of drug-likeness (QED) is 0.259. The molecule has 5 aromatic rings. The molecule has 1 aromatic heterocycles. The van der Waals surface area contributed by atoms with Crippen molar-refractivity contribution in [3.63, 3.8) is 0 Å². The van der Waals surface area contributed by atoms with E-state index in [1.807, 2.05) is 24.3 Å². The first-order valence-corrected chi connectivity index (χ1v) is 11.6. The van der Waals surface area contributed by atoms with Crippen LogP contribution in [0.25, 0.3) is 32.8 Å². The standard InChI is InChI=1S/C26H20N4OS/c1-2-32-26-28-25-23(29-30-26)20-13-7-8-14-21(20)27-24(31-25)22-18-11-5-3-9-16(18)15-17-10-4-6-12-19(17)22/h3-15,24,27H,2H2,1H3/t24-/m0/s1. The number of thioether (sulfide) groups is 1. The van der Waals surface area contributed by atoms with E-state index in [4.69, 9.17) is 9.72 Å². The normalized spacial score (nSPS) is 14.8. The van der Waals surface area contributed by atoms with Crippen molar-refractivity contribution in [1.82, 2.24) is 15.2 Å². The van der Waals surface area contributed by atoms with Crippen molar-refractivity contribution in [2.24, 2.45) is 0 Å². The molecule has 0 spiro atoms. The lowest BCUT2D eigenvalue weighted by atomic mass is 9.95. The maximum atomic E-state index is 6.59. The smallest absolute Gasteiger partial charge is 0.247 e. The largest absolute Gasteiger partial charge is 0.448 e. The molecular formula is C26H20N4OS. The van der Waals surface area contributed by atoms with Crippen LogP contribution in [0.2, 0.25) is 0 Å². The average molecular weight is 437 g/mol.